The van der Waals surface area contributed by atoms with Crippen LogP contribution in [0.3, 0.4) is 0 Å². The van der Waals surface area contributed by atoms with Crippen LogP contribution in [0.4, 0.5) is 11.4 Å². The maximum atomic E-state index is 12.8. The van der Waals surface area contributed by atoms with Crippen molar-refractivity contribution in [1.82, 2.24) is 0 Å². The summed E-state index contributed by atoms with van der Waals surface area (Å²) < 4.78 is 10.7. The fraction of sp³-hybridized carbons (Fsp3) is 0.300. The molecule has 1 saturated carbocycles. The summed E-state index contributed by atoms with van der Waals surface area (Å²) in [6.45, 7) is 2.37. The molecule has 1 aliphatic rings. The zero-order chi connectivity index (χ0) is 18.6. The average Bonchev–Trinajstić information content (AvgIpc) is 3.46. The van der Waals surface area contributed by atoms with E-state index in [9.17, 15) is 9.59 Å². The van der Waals surface area contributed by atoms with Gasteiger partial charge in [-0.1, -0.05) is 18.2 Å². The third kappa shape index (κ3) is 3.64. The zero-order valence-corrected chi connectivity index (χ0v) is 14.9. The van der Waals surface area contributed by atoms with Gasteiger partial charge in [-0.25, -0.2) is 0 Å². The Kier molecular flexibility index (Phi) is 5.11. The number of hydrogen-bond acceptors (Lipinski definition) is 4. The Labute approximate surface area is 152 Å². The summed E-state index contributed by atoms with van der Waals surface area (Å²) >= 11 is 0. The highest BCUT2D eigenvalue weighted by Gasteiger charge is 2.56. The Hall–Kier alpha value is -3.02. The van der Waals surface area contributed by atoms with Gasteiger partial charge in [0.05, 0.1) is 19.4 Å². The van der Waals surface area contributed by atoms with Gasteiger partial charge in [0.2, 0.25) is 11.8 Å². The Morgan fingerprint density at radius 1 is 1.04 bits per heavy atom. The van der Waals surface area contributed by atoms with Crippen LogP contribution in [0.2, 0.25) is 0 Å². The van der Waals surface area contributed by atoms with Gasteiger partial charge in [0.15, 0.2) is 0 Å². The van der Waals surface area contributed by atoms with Gasteiger partial charge in [-0.05, 0) is 44.0 Å². The zero-order valence-electron chi connectivity index (χ0n) is 14.9. The van der Waals surface area contributed by atoms with Crippen LogP contribution in [0.5, 0.6) is 11.5 Å². The van der Waals surface area contributed by atoms with E-state index >= 15 is 0 Å². The molecule has 6 heteroatoms. The van der Waals surface area contributed by atoms with Gasteiger partial charge < -0.3 is 20.1 Å². The number of carbonyl (C=O) groups is 2. The van der Waals surface area contributed by atoms with Gasteiger partial charge in [-0.2, -0.15) is 0 Å². The average molecular weight is 354 g/mol. The fourth-order valence-electron chi connectivity index (χ4n) is 2.73. The molecule has 0 aliphatic heterocycles. The molecule has 0 radical (unpaired) electrons. The van der Waals surface area contributed by atoms with E-state index in [1.54, 1.807) is 43.5 Å². The van der Waals surface area contributed by atoms with E-state index in [2.05, 4.69) is 10.6 Å². The second-order valence-electron chi connectivity index (χ2n) is 6.15. The lowest BCUT2D eigenvalue weighted by Crippen LogP contribution is -2.35. The number of para-hydroxylation sites is 2. The number of anilines is 2. The van der Waals surface area contributed by atoms with Crippen LogP contribution in [-0.4, -0.2) is 25.5 Å². The third-order valence-electron chi connectivity index (χ3n) is 4.38. The number of methoxy groups -OCH3 is 1. The van der Waals surface area contributed by atoms with Crippen molar-refractivity contribution in [2.24, 2.45) is 5.41 Å². The van der Waals surface area contributed by atoms with Crippen LogP contribution in [0, 0.1) is 5.41 Å². The van der Waals surface area contributed by atoms with Crippen LogP contribution < -0.4 is 20.1 Å². The number of benzene rings is 2. The lowest BCUT2D eigenvalue weighted by Gasteiger charge is -2.17. The maximum Gasteiger partial charge on any atom is 0.240 e. The van der Waals surface area contributed by atoms with Gasteiger partial charge in [0.1, 0.15) is 16.9 Å². The number of rotatable bonds is 7. The Bertz CT molecular complexity index is 815. The summed E-state index contributed by atoms with van der Waals surface area (Å²) in [6.07, 6.45) is 1.04. The van der Waals surface area contributed by atoms with E-state index in [0.717, 1.165) is 0 Å². The molecule has 2 aromatic rings. The molecule has 3 rings (SSSR count). The number of nitrogens with one attached hydrogen (secondary N) is 2. The third-order valence-corrected chi connectivity index (χ3v) is 4.38. The maximum absolute atomic E-state index is 12.8. The Morgan fingerprint density at radius 3 is 2.46 bits per heavy atom. The normalized spacial score (nSPS) is 14.2. The van der Waals surface area contributed by atoms with Crippen molar-refractivity contribution in [1.29, 1.82) is 0 Å². The van der Waals surface area contributed by atoms with Crippen molar-refractivity contribution in [2.75, 3.05) is 24.4 Å². The molecule has 0 spiro atoms. The monoisotopic (exact) mass is 354 g/mol. The van der Waals surface area contributed by atoms with Crippen LogP contribution in [0.1, 0.15) is 19.8 Å². The highest BCUT2D eigenvalue weighted by molar-refractivity contribution is 6.17. The van der Waals surface area contributed by atoms with Crippen molar-refractivity contribution in [2.45, 2.75) is 19.8 Å². The summed E-state index contributed by atoms with van der Waals surface area (Å²) in [5.74, 6) is 0.609. The standard InChI is InChI=1S/C20H22N2O4/c1-3-26-17-10-5-4-9-16(17)22-19(24)20(11-12-20)18(23)21-14-7-6-8-15(13-14)25-2/h4-10,13H,3,11-12H2,1-2H3,(H,21,23)(H,22,24). The van der Waals surface area contributed by atoms with Gasteiger partial charge in [0.25, 0.3) is 0 Å². The molecule has 0 unspecified atom stereocenters. The van der Waals surface area contributed by atoms with Gasteiger partial charge >= 0.3 is 0 Å². The van der Waals surface area contributed by atoms with Crippen molar-refractivity contribution in [3.8, 4) is 11.5 Å². The van der Waals surface area contributed by atoms with Crippen molar-refractivity contribution >= 4 is 23.2 Å². The summed E-state index contributed by atoms with van der Waals surface area (Å²) in [5.41, 5.74) is 0.130. The van der Waals surface area contributed by atoms with E-state index < -0.39 is 5.41 Å². The molecule has 1 aliphatic carbocycles. The molecule has 2 aromatic carbocycles. The van der Waals surface area contributed by atoms with E-state index in [4.69, 9.17) is 9.47 Å². The molecule has 136 valence electrons. The molecule has 1 fully saturated rings. The quantitative estimate of drug-likeness (QED) is 0.747. The van der Waals surface area contributed by atoms with Crippen molar-refractivity contribution in [3.05, 3.63) is 48.5 Å². The molecule has 0 heterocycles. The first-order valence-corrected chi connectivity index (χ1v) is 8.58. The van der Waals surface area contributed by atoms with Gasteiger partial charge in [0, 0.05) is 11.8 Å². The van der Waals surface area contributed by atoms with Crippen LogP contribution in [0.25, 0.3) is 0 Å². The molecule has 2 N–H and O–H groups in total. The minimum atomic E-state index is -1.04. The van der Waals surface area contributed by atoms with E-state index in [1.165, 1.54) is 0 Å². The first-order valence-electron chi connectivity index (χ1n) is 8.58. The van der Waals surface area contributed by atoms with E-state index in [1.807, 2.05) is 19.1 Å². The van der Waals surface area contributed by atoms with Crippen LogP contribution in [0.15, 0.2) is 48.5 Å². The first-order chi connectivity index (χ1) is 12.6. The number of carbonyl (C=O) groups excluding carboxylic acids is 2. The lowest BCUT2D eigenvalue weighted by molar-refractivity contribution is -0.131. The second-order valence-corrected chi connectivity index (χ2v) is 6.15. The van der Waals surface area contributed by atoms with E-state index in [0.29, 0.717) is 42.3 Å². The first kappa shape index (κ1) is 17.8. The number of ether oxygens (including phenoxy) is 2. The van der Waals surface area contributed by atoms with Crippen LogP contribution >= 0.6 is 0 Å². The van der Waals surface area contributed by atoms with Crippen LogP contribution in [-0.2, 0) is 9.59 Å². The predicted octanol–water partition coefficient (Wildman–Crippen LogP) is 3.45. The number of amides is 2. The Morgan fingerprint density at radius 2 is 1.77 bits per heavy atom. The van der Waals surface area contributed by atoms with Gasteiger partial charge in [-0.15, -0.1) is 0 Å². The summed E-state index contributed by atoms with van der Waals surface area (Å²) in [7, 11) is 1.56. The molecule has 0 bridgehead atoms. The fourth-order valence-corrected chi connectivity index (χ4v) is 2.73. The largest absolute Gasteiger partial charge is 0.497 e. The summed E-state index contributed by atoms with van der Waals surface area (Å²) in [5, 5.41) is 5.65. The van der Waals surface area contributed by atoms with Gasteiger partial charge in [-0.3, -0.25) is 9.59 Å². The highest BCUT2D eigenvalue weighted by atomic mass is 16.5. The lowest BCUT2D eigenvalue weighted by atomic mass is 10.0. The molecule has 0 atom stereocenters. The molecule has 6 nitrogen and oxygen atoms in total. The molecular weight excluding hydrogens is 332 g/mol. The number of hydrogen-bond donors (Lipinski definition) is 2. The molecule has 0 saturated heterocycles. The topological polar surface area (TPSA) is 76.7 Å². The highest BCUT2D eigenvalue weighted by Crippen LogP contribution is 2.48. The second kappa shape index (κ2) is 7.47. The van der Waals surface area contributed by atoms with E-state index in [-0.39, 0.29) is 11.8 Å². The molecule has 26 heavy (non-hydrogen) atoms. The van der Waals surface area contributed by atoms with Crippen molar-refractivity contribution in [3.63, 3.8) is 0 Å². The molecule has 2 amide bonds. The summed E-state index contributed by atoms with van der Waals surface area (Å²) in [6, 6.07) is 14.3. The minimum absolute atomic E-state index is 0.308. The smallest absolute Gasteiger partial charge is 0.240 e. The Balaban J connectivity index is 1.71. The van der Waals surface area contributed by atoms with Crippen molar-refractivity contribution < 1.29 is 19.1 Å². The SMILES string of the molecule is CCOc1ccccc1NC(=O)C1(C(=O)Nc2cccc(OC)c2)CC1. The predicted molar refractivity (Wildman–Crippen MR) is 99.5 cm³/mol. The minimum Gasteiger partial charge on any atom is -0.497 e. The molecular formula is C20H22N2O4. The molecule has 0 aromatic heterocycles. The summed E-state index contributed by atoms with van der Waals surface area (Å²) in [4.78, 5) is 25.5.